The fourth-order valence-corrected chi connectivity index (χ4v) is 4.32. The molecule has 0 saturated carbocycles. The van der Waals surface area contributed by atoms with Crippen LogP contribution < -0.4 is 10.1 Å². The maximum Gasteiger partial charge on any atom is 0.232 e. The van der Waals surface area contributed by atoms with Crippen LogP contribution in [0.1, 0.15) is 30.7 Å². The summed E-state index contributed by atoms with van der Waals surface area (Å²) in [6, 6.07) is 9.64. The molecule has 1 aromatic rings. The Labute approximate surface area is 157 Å². The second-order valence-corrected chi connectivity index (χ2v) is 7.26. The first-order valence-electron chi connectivity index (χ1n) is 8.61. The van der Waals surface area contributed by atoms with Gasteiger partial charge >= 0.3 is 0 Å². The zero-order valence-corrected chi connectivity index (χ0v) is 15.5. The molecule has 0 bridgehead atoms. The predicted octanol–water partition coefficient (Wildman–Crippen LogP) is 2.39. The molecular formula is C19H21N3O3S. The third kappa shape index (κ3) is 3.86. The molecule has 7 heteroatoms. The summed E-state index contributed by atoms with van der Waals surface area (Å²) in [4.78, 5) is 26.3. The molecule has 0 radical (unpaired) electrons. The fraction of sp³-hybridized carbons (Fsp3) is 0.421. The van der Waals surface area contributed by atoms with Crippen molar-refractivity contribution in [2.24, 2.45) is 0 Å². The van der Waals surface area contributed by atoms with E-state index in [1.165, 1.54) is 11.8 Å². The fourth-order valence-electron chi connectivity index (χ4n) is 3.34. The molecule has 0 spiro atoms. The lowest BCUT2D eigenvalue weighted by Crippen LogP contribution is -2.33. The molecule has 1 aromatic carbocycles. The molecule has 1 N–H and O–H groups in total. The Morgan fingerprint density at radius 3 is 2.81 bits per heavy atom. The monoisotopic (exact) mass is 371 g/mol. The normalized spacial score (nSPS) is 19.9. The Bertz CT molecular complexity index is 778. The lowest BCUT2D eigenvalue weighted by Gasteiger charge is -2.26. The van der Waals surface area contributed by atoms with Gasteiger partial charge < -0.3 is 15.0 Å². The first-order valence-corrected chi connectivity index (χ1v) is 9.60. The van der Waals surface area contributed by atoms with Gasteiger partial charge in [-0.15, -0.1) is 0 Å². The third-order valence-electron chi connectivity index (χ3n) is 4.67. The summed E-state index contributed by atoms with van der Waals surface area (Å²) in [5.74, 6) is 0.396. The lowest BCUT2D eigenvalue weighted by molar-refractivity contribution is -0.127. The standard InChI is InChI=1S/C19H21N3O3S/c1-25-16-7-3-2-6-13(16)14-10-17(23)21-19(15(14)11-20)26-12-18(24)22-8-4-5-9-22/h2-3,6-7,14H,4-5,8-10,12H2,1H3,(H,21,23)/t14-/m1/s1. The molecule has 0 aromatic heterocycles. The van der Waals surface area contributed by atoms with Crippen LogP contribution in [0.5, 0.6) is 5.75 Å². The molecule has 3 rings (SSSR count). The molecule has 0 unspecified atom stereocenters. The number of nitrogens with one attached hydrogen (secondary N) is 1. The van der Waals surface area contributed by atoms with Crippen molar-refractivity contribution in [2.45, 2.75) is 25.2 Å². The third-order valence-corrected chi connectivity index (χ3v) is 5.67. The highest BCUT2D eigenvalue weighted by molar-refractivity contribution is 8.03. The molecule has 2 heterocycles. The number of ether oxygens (including phenoxy) is 1. The Morgan fingerprint density at radius 2 is 2.12 bits per heavy atom. The maximum absolute atomic E-state index is 12.3. The zero-order chi connectivity index (χ0) is 18.5. The summed E-state index contributed by atoms with van der Waals surface area (Å²) in [5, 5.41) is 13.0. The Kier molecular flexibility index (Phi) is 5.84. The summed E-state index contributed by atoms with van der Waals surface area (Å²) in [6.45, 7) is 1.58. The second kappa shape index (κ2) is 8.28. The van der Waals surface area contributed by atoms with Gasteiger partial charge in [0.15, 0.2) is 0 Å². The summed E-state index contributed by atoms with van der Waals surface area (Å²) >= 11 is 1.23. The van der Waals surface area contributed by atoms with Crippen LogP contribution in [-0.2, 0) is 9.59 Å². The van der Waals surface area contributed by atoms with Crippen LogP contribution >= 0.6 is 11.8 Å². The van der Waals surface area contributed by atoms with Gasteiger partial charge in [0.05, 0.1) is 29.5 Å². The van der Waals surface area contributed by atoms with Crippen LogP contribution in [0.25, 0.3) is 0 Å². The topological polar surface area (TPSA) is 82.4 Å². The number of para-hydroxylation sites is 1. The summed E-state index contributed by atoms with van der Waals surface area (Å²) in [7, 11) is 1.57. The smallest absolute Gasteiger partial charge is 0.232 e. The molecule has 1 fully saturated rings. The molecule has 26 heavy (non-hydrogen) atoms. The van der Waals surface area contributed by atoms with Gasteiger partial charge in [-0.3, -0.25) is 9.59 Å². The highest BCUT2D eigenvalue weighted by atomic mass is 32.2. The van der Waals surface area contributed by atoms with Crippen molar-refractivity contribution in [3.05, 3.63) is 40.4 Å². The minimum atomic E-state index is -0.366. The van der Waals surface area contributed by atoms with Crippen LogP contribution in [0, 0.1) is 11.3 Å². The number of methoxy groups -OCH3 is 1. The van der Waals surface area contributed by atoms with E-state index in [9.17, 15) is 14.9 Å². The summed E-state index contributed by atoms with van der Waals surface area (Å²) in [5.41, 5.74) is 1.29. The average Bonchev–Trinajstić information content (AvgIpc) is 3.20. The van der Waals surface area contributed by atoms with E-state index in [1.807, 2.05) is 29.2 Å². The number of benzene rings is 1. The van der Waals surface area contributed by atoms with Gasteiger partial charge in [-0.05, 0) is 18.9 Å². The number of hydrogen-bond donors (Lipinski definition) is 1. The Hall–Kier alpha value is -2.46. The lowest BCUT2D eigenvalue weighted by atomic mass is 9.86. The molecule has 2 amide bonds. The number of rotatable bonds is 5. The predicted molar refractivity (Wildman–Crippen MR) is 99.4 cm³/mol. The van der Waals surface area contributed by atoms with Gasteiger partial charge in [0.25, 0.3) is 0 Å². The number of carbonyl (C=O) groups is 2. The molecule has 1 saturated heterocycles. The van der Waals surface area contributed by atoms with Crippen molar-refractivity contribution in [3.8, 4) is 11.8 Å². The first-order chi connectivity index (χ1) is 12.6. The largest absolute Gasteiger partial charge is 0.496 e. The Balaban J connectivity index is 1.84. The molecule has 2 aliphatic heterocycles. The number of allylic oxidation sites excluding steroid dienone is 1. The number of thioether (sulfide) groups is 1. The first kappa shape index (κ1) is 18.3. The van der Waals surface area contributed by atoms with Gasteiger partial charge in [-0.1, -0.05) is 30.0 Å². The van der Waals surface area contributed by atoms with Crippen LogP contribution in [0.3, 0.4) is 0 Å². The van der Waals surface area contributed by atoms with Crippen molar-refractivity contribution in [3.63, 3.8) is 0 Å². The number of carbonyl (C=O) groups excluding carboxylic acids is 2. The number of nitrogens with zero attached hydrogens (tertiary/aromatic N) is 2. The van der Waals surface area contributed by atoms with Gasteiger partial charge in [-0.2, -0.15) is 5.26 Å². The van der Waals surface area contributed by atoms with Crippen molar-refractivity contribution >= 4 is 23.6 Å². The minimum absolute atomic E-state index is 0.0472. The average molecular weight is 371 g/mol. The van der Waals surface area contributed by atoms with Crippen molar-refractivity contribution in [1.29, 1.82) is 5.26 Å². The number of hydrogen-bond acceptors (Lipinski definition) is 5. The van der Waals surface area contributed by atoms with E-state index in [1.54, 1.807) is 7.11 Å². The molecule has 1 atom stereocenters. The SMILES string of the molecule is COc1ccccc1[C@H]1CC(=O)NC(SCC(=O)N2CCCC2)=C1C#N. The van der Waals surface area contributed by atoms with E-state index in [0.717, 1.165) is 31.5 Å². The van der Waals surface area contributed by atoms with Crippen LogP contribution in [-0.4, -0.2) is 42.7 Å². The van der Waals surface area contributed by atoms with E-state index in [2.05, 4.69) is 11.4 Å². The van der Waals surface area contributed by atoms with Crippen LogP contribution in [0.15, 0.2) is 34.9 Å². The number of likely N-dealkylation sites (tertiary alicyclic amines) is 1. The molecule has 0 aliphatic carbocycles. The summed E-state index contributed by atoms with van der Waals surface area (Å²) in [6.07, 6.45) is 2.26. The van der Waals surface area contributed by atoms with E-state index in [-0.39, 0.29) is 29.9 Å². The number of amides is 2. The summed E-state index contributed by atoms with van der Waals surface area (Å²) < 4.78 is 5.40. The van der Waals surface area contributed by atoms with E-state index < -0.39 is 0 Å². The van der Waals surface area contributed by atoms with Gasteiger partial charge in [-0.25, -0.2) is 0 Å². The van der Waals surface area contributed by atoms with Crippen LogP contribution in [0.4, 0.5) is 0 Å². The van der Waals surface area contributed by atoms with Gasteiger partial charge in [0.2, 0.25) is 11.8 Å². The van der Waals surface area contributed by atoms with Crippen molar-refractivity contribution in [1.82, 2.24) is 10.2 Å². The maximum atomic E-state index is 12.3. The molecule has 136 valence electrons. The highest BCUT2D eigenvalue weighted by Crippen LogP contribution is 2.39. The van der Waals surface area contributed by atoms with E-state index >= 15 is 0 Å². The zero-order valence-electron chi connectivity index (χ0n) is 14.7. The second-order valence-electron chi connectivity index (χ2n) is 6.28. The molecule has 2 aliphatic rings. The molecular weight excluding hydrogens is 350 g/mol. The van der Waals surface area contributed by atoms with Crippen molar-refractivity contribution in [2.75, 3.05) is 26.0 Å². The van der Waals surface area contributed by atoms with Gasteiger partial charge in [0.1, 0.15) is 5.75 Å². The molecule has 6 nitrogen and oxygen atoms in total. The number of nitriles is 1. The van der Waals surface area contributed by atoms with E-state index in [4.69, 9.17) is 4.74 Å². The van der Waals surface area contributed by atoms with E-state index in [0.29, 0.717) is 16.4 Å². The van der Waals surface area contributed by atoms with Crippen LogP contribution in [0.2, 0.25) is 0 Å². The van der Waals surface area contributed by atoms with Crippen molar-refractivity contribution < 1.29 is 14.3 Å². The minimum Gasteiger partial charge on any atom is -0.496 e. The van der Waals surface area contributed by atoms with Gasteiger partial charge in [0, 0.05) is 31.0 Å². The highest BCUT2D eigenvalue weighted by Gasteiger charge is 2.32. The quantitative estimate of drug-likeness (QED) is 0.859. The Morgan fingerprint density at radius 1 is 1.38 bits per heavy atom.